The lowest BCUT2D eigenvalue weighted by Gasteiger charge is -2.04. The van der Waals surface area contributed by atoms with Crippen LogP contribution in [0, 0.1) is 0 Å². The van der Waals surface area contributed by atoms with Crippen LogP contribution in [0.1, 0.15) is 0 Å². The van der Waals surface area contributed by atoms with Crippen molar-refractivity contribution >= 4 is 21.9 Å². The van der Waals surface area contributed by atoms with Gasteiger partial charge < -0.3 is 9.84 Å². The van der Waals surface area contributed by atoms with Gasteiger partial charge in [0, 0.05) is 0 Å². The average Bonchev–Trinajstić information content (AvgIpc) is 2.14. The van der Waals surface area contributed by atoms with Crippen molar-refractivity contribution in [3.63, 3.8) is 0 Å². The normalized spacial score (nSPS) is 10.2. The molecule has 6 nitrogen and oxygen atoms in total. The molecule has 0 amide bonds. The van der Waals surface area contributed by atoms with E-state index in [0.29, 0.717) is 10.8 Å². The molecule has 0 heterocycles. The Hall–Kier alpha value is -0.860. The quantitative estimate of drug-likeness (QED) is 0.691. The molecule has 0 aromatic heterocycles. The fourth-order valence-electron chi connectivity index (χ4n) is 0.717. The van der Waals surface area contributed by atoms with Crippen molar-refractivity contribution in [3.05, 3.63) is 29.3 Å². The number of hydrogen-bond acceptors (Lipinski definition) is 4. The Morgan fingerprint density at radius 3 is 2.31 bits per heavy atom. The van der Waals surface area contributed by atoms with Crippen molar-refractivity contribution in [3.8, 4) is 5.75 Å². The Labute approximate surface area is 98.5 Å². The van der Waals surface area contributed by atoms with Gasteiger partial charge in [0.05, 0.1) is 11.6 Å². The van der Waals surface area contributed by atoms with Gasteiger partial charge in [-0.3, -0.25) is 4.55 Å². The van der Waals surface area contributed by atoms with Crippen molar-refractivity contribution in [2.75, 3.05) is 13.2 Å². The first-order chi connectivity index (χ1) is 7.34. The van der Waals surface area contributed by atoms with E-state index in [1.807, 2.05) is 12.1 Å². The molecule has 4 N–H and O–H groups in total. The third-order valence-electron chi connectivity index (χ3n) is 1.19. The summed E-state index contributed by atoms with van der Waals surface area (Å²) in [5.74, 6) is 0.614. The van der Waals surface area contributed by atoms with E-state index in [1.54, 1.807) is 12.1 Å². The number of aliphatic hydroxyl groups is 1. The zero-order valence-corrected chi connectivity index (χ0v) is 9.78. The molecule has 0 aliphatic rings. The summed E-state index contributed by atoms with van der Waals surface area (Å²) in [5, 5.41) is 12.9. The zero-order valence-electron chi connectivity index (χ0n) is 8.21. The van der Waals surface area contributed by atoms with Gasteiger partial charge in [0.25, 0.3) is 0 Å². The predicted molar refractivity (Wildman–Crippen MR) is 59.8 cm³/mol. The fourth-order valence-corrected chi connectivity index (χ4v) is 0.908. The SMILES string of the molecule is NS(=O)(=O)O.OCCOc1ccccc1Cl. The molecule has 8 heteroatoms. The molecule has 0 saturated carbocycles. The predicted octanol–water partition coefficient (Wildman–Crippen LogP) is 0.459. The molecular weight excluding hydrogens is 258 g/mol. The maximum Gasteiger partial charge on any atom is 0.330 e. The number of para-hydroxylation sites is 1. The number of nitrogens with two attached hydrogens (primary N) is 1. The van der Waals surface area contributed by atoms with Crippen molar-refractivity contribution in [2.24, 2.45) is 5.14 Å². The summed E-state index contributed by atoms with van der Waals surface area (Å²) >= 11 is 5.75. The van der Waals surface area contributed by atoms with E-state index >= 15 is 0 Å². The summed E-state index contributed by atoms with van der Waals surface area (Å²) in [6, 6.07) is 7.17. The smallest absolute Gasteiger partial charge is 0.330 e. The Bertz CT molecular complexity index is 401. The number of ether oxygens (including phenoxy) is 1. The maximum atomic E-state index is 8.97. The second-order valence-corrected chi connectivity index (χ2v) is 3.95. The summed E-state index contributed by atoms with van der Waals surface area (Å²) < 4.78 is 30.3. The summed E-state index contributed by atoms with van der Waals surface area (Å²) in [7, 11) is -4.17. The lowest BCUT2D eigenvalue weighted by Crippen LogP contribution is -2.08. The number of benzene rings is 1. The highest BCUT2D eigenvalue weighted by Crippen LogP contribution is 2.22. The van der Waals surface area contributed by atoms with E-state index in [0.717, 1.165) is 0 Å². The number of halogens is 1. The number of rotatable bonds is 3. The largest absolute Gasteiger partial charge is 0.490 e. The monoisotopic (exact) mass is 269 g/mol. The van der Waals surface area contributed by atoms with Gasteiger partial charge in [-0.2, -0.15) is 8.42 Å². The minimum Gasteiger partial charge on any atom is -0.490 e. The fraction of sp³-hybridized carbons (Fsp3) is 0.250. The Morgan fingerprint density at radius 1 is 1.38 bits per heavy atom. The molecule has 16 heavy (non-hydrogen) atoms. The second kappa shape index (κ2) is 7.42. The molecular formula is C8H12ClNO5S. The van der Waals surface area contributed by atoms with Crippen LogP contribution in [0.4, 0.5) is 0 Å². The third-order valence-corrected chi connectivity index (χ3v) is 1.50. The van der Waals surface area contributed by atoms with Gasteiger partial charge in [-0.05, 0) is 12.1 Å². The molecule has 1 aromatic carbocycles. The lowest BCUT2D eigenvalue weighted by molar-refractivity contribution is 0.201. The van der Waals surface area contributed by atoms with Crippen LogP contribution >= 0.6 is 11.6 Å². The van der Waals surface area contributed by atoms with Crippen LogP contribution in [-0.4, -0.2) is 31.3 Å². The first kappa shape index (κ1) is 15.1. The number of hydrogen-bond donors (Lipinski definition) is 3. The van der Waals surface area contributed by atoms with Crippen molar-refractivity contribution < 1.29 is 22.8 Å². The van der Waals surface area contributed by atoms with Crippen LogP contribution in [-0.2, 0) is 10.3 Å². The molecule has 0 saturated heterocycles. The van der Waals surface area contributed by atoms with E-state index in [-0.39, 0.29) is 13.2 Å². The van der Waals surface area contributed by atoms with Crippen molar-refractivity contribution in [1.29, 1.82) is 0 Å². The third kappa shape index (κ3) is 9.69. The topological polar surface area (TPSA) is 110 Å². The van der Waals surface area contributed by atoms with Gasteiger partial charge in [0.15, 0.2) is 0 Å². The van der Waals surface area contributed by atoms with Gasteiger partial charge in [-0.1, -0.05) is 23.7 Å². The van der Waals surface area contributed by atoms with E-state index < -0.39 is 10.3 Å². The highest BCUT2D eigenvalue weighted by Gasteiger charge is 1.96. The molecule has 0 radical (unpaired) electrons. The van der Waals surface area contributed by atoms with Gasteiger partial charge in [0.2, 0.25) is 0 Å². The van der Waals surface area contributed by atoms with E-state index in [4.69, 9.17) is 34.4 Å². The maximum absolute atomic E-state index is 8.97. The molecule has 0 aliphatic carbocycles. The Balaban J connectivity index is 0.000000385. The molecule has 0 bridgehead atoms. The highest BCUT2D eigenvalue weighted by atomic mass is 35.5. The van der Waals surface area contributed by atoms with Crippen molar-refractivity contribution in [2.45, 2.75) is 0 Å². The van der Waals surface area contributed by atoms with Gasteiger partial charge in [0.1, 0.15) is 12.4 Å². The van der Waals surface area contributed by atoms with Crippen molar-refractivity contribution in [1.82, 2.24) is 0 Å². The molecule has 0 fully saturated rings. The minimum atomic E-state index is -4.17. The summed E-state index contributed by atoms with van der Waals surface area (Å²) in [6.45, 7) is 0.287. The molecule has 0 aliphatic heterocycles. The Morgan fingerprint density at radius 2 is 1.88 bits per heavy atom. The van der Waals surface area contributed by atoms with Gasteiger partial charge in [-0.25, -0.2) is 5.14 Å². The average molecular weight is 270 g/mol. The molecule has 92 valence electrons. The van der Waals surface area contributed by atoms with Crippen LogP contribution in [0.15, 0.2) is 24.3 Å². The van der Waals surface area contributed by atoms with E-state index in [1.165, 1.54) is 0 Å². The molecule has 0 unspecified atom stereocenters. The molecule has 0 spiro atoms. The number of aliphatic hydroxyl groups excluding tert-OH is 1. The summed E-state index contributed by atoms with van der Waals surface area (Å²) in [5.41, 5.74) is 0. The van der Waals surface area contributed by atoms with Gasteiger partial charge >= 0.3 is 10.3 Å². The van der Waals surface area contributed by atoms with Crippen LogP contribution in [0.25, 0.3) is 0 Å². The molecule has 1 rings (SSSR count). The minimum absolute atomic E-state index is 0.00518. The van der Waals surface area contributed by atoms with Crippen LogP contribution in [0.3, 0.4) is 0 Å². The lowest BCUT2D eigenvalue weighted by atomic mass is 10.3. The standard InChI is InChI=1S/C8H9ClO2.H3NO3S/c9-7-3-1-2-4-8(7)11-6-5-10;1-5(2,3)4/h1-4,10H,5-6H2;(H3,1,2,3,4). The second-order valence-electron chi connectivity index (χ2n) is 2.52. The summed E-state index contributed by atoms with van der Waals surface area (Å²) in [4.78, 5) is 0. The van der Waals surface area contributed by atoms with Gasteiger partial charge in [-0.15, -0.1) is 0 Å². The zero-order chi connectivity index (χ0) is 12.6. The van der Waals surface area contributed by atoms with Crippen LogP contribution in [0.5, 0.6) is 5.75 Å². The van der Waals surface area contributed by atoms with E-state index in [2.05, 4.69) is 5.14 Å². The summed E-state index contributed by atoms with van der Waals surface area (Å²) in [6.07, 6.45) is 0. The highest BCUT2D eigenvalue weighted by molar-refractivity contribution is 7.83. The first-order valence-corrected chi connectivity index (χ1v) is 5.96. The molecule has 0 atom stereocenters. The van der Waals surface area contributed by atoms with Crippen LogP contribution in [0.2, 0.25) is 5.02 Å². The molecule has 1 aromatic rings. The first-order valence-electron chi connectivity index (χ1n) is 4.08. The van der Waals surface area contributed by atoms with Crippen LogP contribution < -0.4 is 9.88 Å². The Kier molecular flexibility index (Phi) is 7.02. The van der Waals surface area contributed by atoms with E-state index in [9.17, 15) is 0 Å².